The van der Waals surface area contributed by atoms with Crippen LogP contribution in [0.5, 0.6) is 0 Å². The first kappa shape index (κ1) is 19.7. The largest absolute Gasteiger partial charge is 0.481 e. The molecule has 1 aromatic carbocycles. The Kier molecular flexibility index (Phi) is 6.23. The molecular weight excluding hydrogens is 353 g/mol. The third-order valence-electron chi connectivity index (χ3n) is 4.42. The zero-order valence-electron chi connectivity index (χ0n) is 13.9. The fourth-order valence-electron chi connectivity index (χ4n) is 2.97. The van der Waals surface area contributed by atoms with E-state index in [0.717, 1.165) is 12.1 Å². The minimum absolute atomic E-state index is 0.00601. The third kappa shape index (κ3) is 5.21. The molecule has 0 saturated carbocycles. The minimum Gasteiger partial charge on any atom is -0.481 e. The van der Waals surface area contributed by atoms with Crippen LogP contribution in [0.25, 0.3) is 0 Å². The molecule has 142 valence electrons. The standard InChI is InChI=1S/C17H19F3N2O4/c18-11-7-10(8-12(19)16(11)20)9-21-13(23)1-4-17(6-3-15(25)26)5-2-14(24)22-17/h7-8H,1-6,9H2,(H,21,23)(H,22,24)(H,25,26)/t17-/m1/s1. The molecule has 2 rings (SSSR count). The average Bonchev–Trinajstić information content (AvgIpc) is 2.95. The molecule has 1 fully saturated rings. The van der Waals surface area contributed by atoms with Crippen LogP contribution in [0.3, 0.4) is 0 Å². The topological polar surface area (TPSA) is 95.5 Å². The van der Waals surface area contributed by atoms with Crippen LogP contribution in [0.2, 0.25) is 0 Å². The van der Waals surface area contributed by atoms with Gasteiger partial charge in [-0.3, -0.25) is 14.4 Å². The Bertz CT molecular complexity index is 703. The highest BCUT2D eigenvalue weighted by Crippen LogP contribution is 2.30. The van der Waals surface area contributed by atoms with Gasteiger partial charge in [0, 0.05) is 31.3 Å². The molecule has 1 aromatic rings. The van der Waals surface area contributed by atoms with Gasteiger partial charge in [0.25, 0.3) is 0 Å². The summed E-state index contributed by atoms with van der Waals surface area (Å²) in [6.07, 6.45) is 1.07. The Morgan fingerprint density at radius 2 is 1.77 bits per heavy atom. The van der Waals surface area contributed by atoms with Crippen LogP contribution < -0.4 is 10.6 Å². The van der Waals surface area contributed by atoms with Gasteiger partial charge < -0.3 is 15.7 Å². The summed E-state index contributed by atoms with van der Waals surface area (Å²) in [5, 5.41) is 14.0. The fourth-order valence-corrected chi connectivity index (χ4v) is 2.97. The number of carbonyl (C=O) groups excluding carboxylic acids is 2. The molecule has 0 aliphatic carbocycles. The second-order valence-electron chi connectivity index (χ2n) is 6.37. The van der Waals surface area contributed by atoms with Crippen molar-refractivity contribution in [2.45, 2.75) is 50.6 Å². The molecule has 6 nitrogen and oxygen atoms in total. The monoisotopic (exact) mass is 372 g/mol. The van der Waals surface area contributed by atoms with Gasteiger partial charge >= 0.3 is 5.97 Å². The molecular formula is C17H19F3N2O4. The first-order valence-corrected chi connectivity index (χ1v) is 8.14. The van der Waals surface area contributed by atoms with E-state index in [2.05, 4.69) is 10.6 Å². The summed E-state index contributed by atoms with van der Waals surface area (Å²) in [6, 6.07) is 1.59. The SMILES string of the molecule is O=C(O)CC[C@@]1(CCC(=O)NCc2cc(F)c(F)c(F)c2)CCC(=O)N1. The number of nitrogens with one attached hydrogen (secondary N) is 2. The maximum atomic E-state index is 13.1. The predicted molar refractivity (Wildman–Crippen MR) is 84.4 cm³/mol. The van der Waals surface area contributed by atoms with Gasteiger partial charge in [0.2, 0.25) is 11.8 Å². The second kappa shape index (κ2) is 8.20. The van der Waals surface area contributed by atoms with Crippen LogP contribution in [0, 0.1) is 17.5 Å². The van der Waals surface area contributed by atoms with E-state index >= 15 is 0 Å². The van der Waals surface area contributed by atoms with Gasteiger partial charge in [0.1, 0.15) is 0 Å². The van der Waals surface area contributed by atoms with Crippen LogP contribution in [-0.4, -0.2) is 28.4 Å². The highest BCUT2D eigenvalue weighted by atomic mass is 19.2. The molecule has 2 amide bonds. The highest BCUT2D eigenvalue weighted by Gasteiger charge is 2.37. The summed E-state index contributed by atoms with van der Waals surface area (Å²) < 4.78 is 39.2. The lowest BCUT2D eigenvalue weighted by Crippen LogP contribution is -2.43. The van der Waals surface area contributed by atoms with Crippen molar-refractivity contribution in [2.75, 3.05) is 0 Å². The quantitative estimate of drug-likeness (QED) is 0.609. The number of halogens is 3. The molecule has 1 heterocycles. The predicted octanol–water partition coefficient (Wildman–Crippen LogP) is 2.01. The fraction of sp³-hybridized carbons (Fsp3) is 0.471. The lowest BCUT2D eigenvalue weighted by molar-refractivity contribution is -0.137. The van der Waals surface area contributed by atoms with E-state index in [1.54, 1.807) is 0 Å². The van der Waals surface area contributed by atoms with E-state index in [0.29, 0.717) is 6.42 Å². The van der Waals surface area contributed by atoms with Crippen molar-refractivity contribution in [1.82, 2.24) is 10.6 Å². The molecule has 1 aliphatic heterocycles. The molecule has 0 spiro atoms. The normalized spacial score (nSPS) is 19.3. The minimum atomic E-state index is -1.57. The van der Waals surface area contributed by atoms with E-state index in [1.807, 2.05) is 0 Å². The Balaban J connectivity index is 1.88. The first-order valence-electron chi connectivity index (χ1n) is 8.14. The third-order valence-corrected chi connectivity index (χ3v) is 4.42. The summed E-state index contributed by atoms with van der Waals surface area (Å²) in [7, 11) is 0. The number of carboxylic acids is 1. The Morgan fingerprint density at radius 3 is 2.31 bits per heavy atom. The number of rotatable bonds is 8. The van der Waals surface area contributed by atoms with E-state index in [9.17, 15) is 27.6 Å². The molecule has 0 aromatic heterocycles. The van der Waals surface area contributed by atoms with E-state index in [1.165, 1.54) is 0 Å². The van der Waals surface area contributed by atoms with Crippen molar-refractivity contribution in [3.8, 4) is 0 Å². The summed E-state index contributed by atoms with van der Waals surface area (Å²) in [5.41, 5.74) is -0.662. The molecule has 26 heavy (non-hydrogen) atoms. The van der Waals surface area contributed by atoms with Crippen LogP contribution in [0.4, 0.5) is 13.2 Å². The van der Waals surface area contributed by atoms with Crippen molar-refractivity contribution in [3.63, 3.8) is 0 Å². The molecule has 3 N–H and O–H groups in total. The molecule has 9 heteroatoms. The molecule has 0 radical (unpaired) electrons. The number of carboxylic acid groups (broad SMARTS) is 1. The maximum Gasteiger partial charge on any atom is 0.303 e. The lowest BCUT2D eigenvalue weighted by Gasteiger charge is -2.28. The van der Waals surface area contributed by atoms with Gasteiger partial charge in [-0.15, -0.1) is 0 Å². The number of hydrogen-bond donors (Lipinski definition) is 3. The lowest BCUT2D eigenvalue weighted by atomic mass is 9.86. The van der Waals surface area contributed by atoms with E-state index in [4.69, 9.17) is 5.11 Å². The van der Waals surface area contributed by atoms with Crippen LogP contribution >= 0.6 is 0 Å². The van der Waals surface area contributed by atoms with Crippen molar-refractivity contribution < 1.29 is 32.7 Å². The van der Waals surface area contributed by atoms with Gasteiger partial charge in [0.15, 0.2) is 17.5 Å². The summed E-state index contributed by atoms with van der Waals surface area (Å²) in [5.74, 6) is -5.85. The van der Waals surface area contributed by atoms with Crippen molar-refractivity contribution in [1.29, 1.82) is 0 Å². The van der Waals surface area contributed by atoms with Gasteiger partial charge in [-0.2, -0.15) is 0 Å². The number of aliphatic carboxylic acids is 1. The van der Waals surface area contributed by atoms with Gasteiger partial charge in [0.05, 0.1) is 0 Å². The summed E-state index contributed by atoms with van der Waals surface area (Å²) >= 11 is 0. The van der Waals surface area contributed by atoms with Crippen LogP contribution in [-0.2, 0) is 20.9 Å². The molecule has 0 bridgehead atoms. The van der Waals surface area contributed by atoms with Crippen molar-refractivity contribution in [3.05, 3.63) is 35.1 Å². The number of amides is 2. The van der Waals surface area contributed by atoms with Gasteiger partial charge in [-0.1, -0.05) is 0 Å². The summed E-state index contributed by atoms with van der Waals surface area (Å²) in [6.45, 7) is -0.179. The van der Waals surface area contributed by atoms with Crippen LogP contribution in [0.1, 0.15) is 44.1 Å². The number of carbonyl (C=O) groups is 3. The molecule has 1 atom stereocenters. The van der Waals surface area contributed by atoms with Gasteiger partial charge in [-0.05, 0) is 37.0 Å². The number of benzene rings is 1. The molecule has 0 unspecified atom stereocenters. The first-order chi connectivity index (χ1) is 12.2. The average molecular weight is 372 g/mol. The van der Waals surface area contributed by atoms with Crippen LogP contribution in [0.15, 0.2) is 12.1 Å². The van der Waals surface area contributed by atoms with Crippen molar-refractivity contribution in [2.24, 2.45) is 0 Å². The maximum absolute atomic E-state index is 13.1. The zero-order valence-corrected chi connectivity index (χ0v) is 13.9. The Morgan fingerprint density at radius 1 is 1.15 bits per heavy atom. The number of hydrogen-bond acceptors (Lipinski definition) is 3. The Hall–Kier alpha value is -2.58. The molecule has 1 saturated heterocycles. The van der Waals surface area contributed by atoms with E-state index < -0.39 is 34.9 Å². The highest BCUT2D eigenvalue weighted by molar-refractivity contribution is 5.80. The van der Waals surface area contributed by atoms with E-state index in [-0.39, 0.29) is 50.1 Å². The van der Waals surface area contributed by atoms with Crippen molar-refractivity contribution >= 4 is 17.8 Å². The molecule has 1 aliphatic rings. The van der Waals surface area contributed by atoms with Gasteiger partial charge in [-0.25, -0.2) is 13.2 Å². The Labute approximate surface area is 147 Å². The zero-order chi connectivity index (χ0) is 19.3. The summed E-state index contributed by atoms with van der Waals surface area (Å²) in [4.78, 5) is 34.2. The second-order valence-corrected chi connectivity index (χ2v) is 6.37. The smallest absolute Gasteiger partial charge is 0.303 e.